The summed E-state index contributed by atoms with van der Waals surface area (Å²) in [6.07, 6.45) is 3.28. The lowest BCUT2D eigenvalue weighted by Crippen LogP contribution is -2.45. The molecule has 1 aromatic carbocycles. The molecule has 0 radical (unpaired) electrons. The van der Waals surface area contributed by atoms with E-state index in [0.29, 0.717) is 23.3 Å². The lowest BCUT2D eigenvalue weighted by molar-refractivity contribution is -0.125. The van der Waals surface area contributed by atoms with Crippen LogP contribution < -0.4 is 14.8 Å². The lowest BCUT2D eigenvalue weighted by Gasteiger charge is -2.34. The van der Waals surface area contributed by atoms with E-state index in [9.17, 15) is 9.59 Å². The van der Waals surface area contributed by atoms with Crippen molar-refractivity contribution in [1.82, 2.24) is 5.32 Å². The van der Waals surface area contributed by atoms with Crippen LogP contribution in [0.2, 0.25) is 0 Å². The fraction of sp³-hybridized carbons (Fsp3) is 0.579. The molecule has 1 aliphatic rings. The summed E-state index contributed by atoms with van der Waals surface area (Å²) in [5.74, 6) is 1.13. The highest BCUT2D eigenvalue weighted by atomic mass is 16.5. The van der Waals surface area contributed by atoms with Crippen LogP contribution in [0.5, 0.6) is 11.5 Å². The minimum Gasteiger partial charge on any atom is -0.497 e. The number of benzene rings is 1. The van der Waals surface area contributed by atoms with Crippen molar-refractivity contribution in [3.8, 4) is 11.5 Å². The Labute approximate surface area is 148 Å². The van der Waals surface area contributed by atoms with Gasteiger partial charge in [0.1, 0.15) is 11.5 Å². The SMILES string of the molecule is COc1cc(OC)cc(C(=O)OCC(=O)N[C@H]2CCC[C@H](C)[C@H]2C)c1. The first kappa shape index (κ1) is 19.1. The van der Waals surface area contributed by atoms with Gasteiger partial charge in [0, 0.05) is 12.1 Å². The van der Waals surface area contributed by atoms with Crippen molar-refractivity contribution in [2.75, 3.05) is 20.8 Å². The van der Waals surface area contributed by atoms with Crippen molar-refractivity contribution in [3.05, 3.63) is 23.8 Å². The normalized spacial score (nSPS) is 22.8. The number of ether oxygens (including phenoxy) is 3. The number of hydrogen-bond donors (Lipinski definition) is 1. The van der Waals surface area contributed by atoms with Gasteiger partial charge < -0.3 is 19.5 Å². The molecule has 0 unspecified atom stereocenters. The molecule has 25 heavy (non-hydrogen) atoms. The molecule has 138 valence electrons. The van der Waals surface area contributed by atoms with Crippen LogP contribution >= 0.6 is 0 Å². The van der Waals surface area contributed by atoms with Crippen LogP contribution in [-0.2, 0) is 9.53 Å². The summed E-state index contributed by atoms with van der Waals surface area (Å²) in [7, 11) is 3.01. The monoisotopic (exact) mass is 349 g/mol. The molecule has 3 atom stereocenters. The van der Waals surface area contributed by atoms with E-state index in [2.05, 4.69) is 19.2 Å². The van der Waals surface area contributed by atoms with Crippen molar-refractivity contribution in [2.24, 2.45) is 11.8 Å². The van der Waals surface area contributed by atoms with Crippen molar-refractivity contribution in [2.45, 2.75) is 39.2 Å². The van der Waals surface area contributed by atoms with E-state index in [4.69, 9.17) is 14.2 Å². The summed E-state index contributed by atoms with van der Waals surface area (Å²) >= 11 is 0. The Balaban J connectivity index is 1.90. The maximum absolute atomic E-state index is 12.2. The first-order chi connectivity index (χ1) is 11.9. The van der Waals surface area contributed by atoms with Gasteiger partial charge in [0.15, 0.2) is 6.61 Å². The molecule has 1 saturated carbocycles. The average molecular weight is 349 g/mol. The zero-order valence-corrected chi connectivity index (χ0v) is 15.3. The standard InChI is InChI=1S/C19H27NO5/c1-12-6-5-7-17(13(12)2)20-18(21)11-25-19(22)14-8-15(23-3)10-16(9-14)24-4/h8-10,12-13,17H,5-7,11H2,1-4H3,(H,20,21)/t12-,13+,17-/m0/s1. The van der Waals surface area contributed by atoms with E-state index >= 15 is 0 Å². The summed E-state index contributed by atoms with van der Waals surface area (Å²) in [5.41, 5.74) is 0.281. The van der Waals surface area contributed by atoms with Gasteiger partial charge in [-0.1, -0.05) is 26.7 Å². The largest absolute Gasteiger partial charge is 0.497 e. The number of carbonyl (C=O) groups is 2. The van der Waals surface area contributed by atoms with E-state index in [1.54, 1.807) is 18.2 Å². The smallest absolute Gasteiger partial charge is 0.338 e. The topological polar surface area (TPSA) is 73.9 Å². The van der Waals surface area contributed by atoms with Gasteiger partial charge in [-0.25, -0.2) is 4.79 Å². The van der Waals surface area contributed by atoms with Gasteiger partial charge in [-0.15, -0.1) is 0 Å². The molecule has 1 N–H and O–H groups in total. The molecule has 1 aliphatic carbocycles. The lowest BCUT2D eigenvalue weighted by atomic mass is 9.78. The van der Waals surface area contributed by atoms with E-state index in [-0.39, 0.29) is 24.1 Å². The molecule has 0 spiro atoms. The average Bonchev–Trinajstić information content (AvgIpc) is 2.63. The van der Waals surface area contributed by atoms with Crippen molar-refractivity contribution in [1.29, 1.82) is 0 Å². The van der Waals surface area contributed by atoms with Gasteiger partial charge >= 0.3 is 5.97 Å². The van der Waals surface area contributed by atoms with Crippen LogP contribution in [-0.4, -0.2) is 38.7 Å². The van der Waals surface area contributed by atoms with Gasteiger partial charge in [-0.2, -0.15) is 0 Å². The fourth-order valence-corrected chi connectivity index (χ4v) is 3.17. The molecule has 6 heteroatoms. The molecule has 0 aliphatic heterocycles. The van der Waals surface area contributed by atoms with Crippen LogP contribution in [0, 0.1) is 11.8 Å². The number of methoxy groups -OCH3 is 2. The van der Waals surface area contributed by atoms with Gasteiger partial charge in [-0.05, 0) is 30.4 Å². The molecule has 0 saturated heterocycles. The highest BCUT2D eigenvalue weighted by Crippen LogP contribution is 2.29. The summed E-state index contributed by atoms with van der Waals surface area (Å²) in [4.78, 5) is 24.3. The van der Waals surface area contributed by atoms with Crippen LogP contribution in [0.15, 0.2) is 18.2 Å². The van der Waals surface area contributed by atoms with Gasteiger partial charge in [0.05, 0.1) is 19.8 Å². The molecule has 1 aromatic rings. The van der Waals surface area contributed by atoms with Crippen LogP contribution in [0.4, 0.5) is 0 Å². The number of esters is 1. The molecule has 0 heterocycles. The van der Waals surface area contributed by atoms with Crippen molar-refractivity contribution < 1.29 is 23.8 Å². The molecule has 0 aromatic heterocycles. The summed E-state index contributed by atoms with van der Waals surface area (Å²) in [5, 5.41) is 2.99. The van der Waals surface area contributed by atoms with Gasteiger partial charge in [-0.3, -0.25) is 4.79 Å². The highest BCUT2D eigenvalue weighted by molar-refractivity contribution is 5.92. The number of carbonyl (C=O) groups excluding carboxylic acids is 2. The predicted octanol–water partition coefficient (Wildman–Crippen LogP) is 2.80. The maximum atomic E-state index is 12.2. The van der Waals surface area contributed by atoms with Gasteiger partial charge in [0.25, 0.3) is 5.91 Å². The fourth-order valence-electron chi connectivity index (χ4n) is 3.17. The van der Waals surface area contributed by atoms with Crippen molar-refractivity contribution in [3.63, 3.8) is 0 Å². The number of amides is 1. The van der Waals surface area contributed by atoms with Gasteiger partial charge in [0.2, 0.25) is 0 Å². The second-order valence-corrected chi connectivity index (χ2v) is 6.62. The van der Waals surface area contributed by atoms with E-state index in [0.717, 1.165) is 12.8 Å². The van der Waals surface area contributed by atoms with Crippen LogP contribution in [0.1, 0.15) is 43.5 Å². The zero-order chi connectivity index (χ0) is 18.4. The number of nitrogens with one attached hydrogen (secondary N) is 1. The third kappa shape index (κ3) is 5.11. The Morgan fingerprint density at radius 2 is 1.72 bits per heavy atom. The molecular formula is C19H27NO5. The Bertz CT molecular complexity index is 594. The number of rotatable bonds is 6. The minimum absolute atomic E-state index is 0.145. The Morgan fingerprint density at radius 1 is 1.08 bits per heavy atom. The molecular weight excluding hydrogens is 322 g/mol. The van der Waals surface area contributed by atoms with Crippen molar-refractivity contribution >= 4 is 11.9 Å². The van der Waals surface area contributed by atoms with Crippen LogP contribution in [0.3, 0.4) is 0 Å². The third-order valence-corrected chi connectivity index (χ3v) is 4.97. The van der Waals surface area contributed by atoms with Crippen LogP contribution in [0.25, 0.3) is 0 Å². The second kappa shape index (κ2) is 8.74. The summed E-state index contributed by atoms with van der Waals surface area (Å²) in [6, 6.07) is 4.91. The molecule has 1 amide bonds. The predicted molar refractivity (Wildman–Crippen MR) is 93.9 cm³/mol. The molecule has 2 rings (SSSR count). The second-order valence-electron chi connectivity index (χ2n) is 6.62. The summed E-state index contributed by atoms with van der Waals surface area (Å²) in [6.45, 7) is 4.07. The highest BCUT2D eigenvalue weighted by Gasteiger charge is 2.28. The molecule has 0 bridgehead atoms. The third-order valence-electron chi connectivity index (χ3n) is 4.97. The minimum atomic E-state index is -0.586. The quantitative estimate of drug-likeness (QED) is 0.800. The van der Waals surface area contributed by atoms with E-state index < -0.39 is 5.97 Å². The molecule has 1 fully saturated rings. The summed E-state index contributed by atoms with van der Waals surface area (Å²) < 4.78 is 15.4. The Kier molecular flexibility index (Phi) is 6.67. The first-order valence-electron chi connectivity index (χ1n) is 8.64. The Morgan fingerprint density at radius 3 is 2.32 bits per heavy atom. The zero-order valence-electron chi connectivity index (χ0n) is 15.3. The maximum Gasteiger partial charge on any atom is 0.338 e. The first-order valence-corrected chi connectivity index (χ1v) is 8.64. The number of hydrogen-bond acceptors (Lipinski definition) is 5. The van der Waals surface area contributed by atoms with E-state index in [1.807, 2.05) is 0 Å². The molecule has 6 nitrogen and oxygen atoms in total. The van der Waals surface area contributed by atoms with E-state index in [1.165, 1.54) is 20.6 Å². The Hall–Kier alpha value is -2.24.